The summed E-state index contributed by atoms with van der Waals surface area (Å²) in [5.41, 5.74) is 5.32. The van der Waals surface area contributed by atoms with E-state index in [0.29, 0.717) is 6.04 Å². The lowest BCUT2D eigenvalue weighted by Crippen LogP contribution is -2.19. The van der Waals surface area contributed by atoms with Crippen LogP contribution in [-0.2, 0) is 13.0 Å². The number of aromatic nitrogens is 2. The monoisotopic (exact) mass is 257 g/mol. The van der Waals surface area contributed by atoms with Crippen molar-refractivity contribution < 1.29 is 0 Å². The fraction of sp³-hybridized carbons (Fsp3) is 0.438. The lowest BCUT2D eigenvalue weighted by molar-refractivity contribution is 0.587. The van der Waals surface area contributed by atoms with Gasteiger partial charge in [-0.05, 0) is 50.9 Å². The summed E-state index contributed by atoms with van der Waals surface area (Å²) in [7, 11) is 2.02. The van der Waals surface area contributed by atoms with E-state index in [2.05, 4.69) is 55.6 Å². The van der Waals surface area contributed by atoms with Gasteiger partial charge in [-0.15, -0.1) is 0 Å². The molecule has 0 amide bonds. The SMILES string of the molecule is CCn1cc(CC(NC)c2ccc(C)cc2C)cn1. The molecule has 1 N–H and O–H groups in total. The summed E-state index contributed by atoms with van der Waals surface area (Å²) in [6, 6.07) is 7.00. The lowest BCUT2D eigenvalue weighted by atomic mass is 9.95. The molecule has 3 heteroatoms. The van der Waals surface area contributed by atoms with E-state index in [9.17, 15) is 0 Å². The van der Waals surface area contributed by atoms with Crippen LogP contribution in [-0.4, -0.2) is 16.8 Å². The predicted octanol–water partition coefficient (Wildman–Crippen LogP) is 3.02. The molecule has 19 heavy (non-hydrogen) atoms. The number of hydrogen-bond donors (Lipinski definition) is 1. The van der Waals surface area contributed by atoms with Gasteiger partial charge in [-0.2, -0.15) is 5.10 Å². The molecule has 1 heterocycles. The first kappa shape index (κ1) is 13.8. The van der Waals surface area contributed by atoms with Crippen LogP contribution in [0.15, 0.2) is 30.6 Å². The maximum absolute atomic E-state index is 4.34. The molecule has 1 atom stereocenters. The maximum Gasteiger partial charge on any atom is 0.0522 e. The second kappa shape index (κ2) is 6.02. The van der Waals surface area contributed by atoms with Crippen LogP contribution in [0.4, 0.5) is 0 Å². The van der Waals surface area contributed by atoms with E-state index in [0.717, 1.165) is 13.0 Å². The van der Waals surface area contributed by atoms with Crippen LogP contribution in [0.25, 0.3) is 0 Å². The van der Waals surface area contributed by atoms with Gasteiger partial charge in [-0.25, -0.2) is 0 Å². The van der Waals surface area contributed by atoms with E-state index in [1.54, 1.807) is 0 Å². The second-order valence-corrected chi connectivity index (χ2v) is 5.11. The quantitative estimate of drug-likeness (QED) is 0.892. The van der Waals surface area contributed by atoms with Crippen LogP contribution in [0, 0.1) is 13.8 Å². The Morgan fingerprint density at radius 3 is 2.68 bits per heavy atom. The highest BCUT2D eigenvalue weighted by atomic mass is 15.3. The molecule has 1 unspecified atom stereocenters. The van der Waals surface area contributed by atoms with Crippen molar-refractivity contribution in [2.75, 3.05) is 7.05 Å². The number of likely N-dealkylation sites (N-methyl/N-ethyl adjacent to an activating group) is 1. The van der Waals surface area contributed by atoms with Crippen LogP contribution in [0.3, 0.4) is 0 Å². The number of benzene rings is 1. The van der Waals surface area contributed by atoms with Gasteiger partial charge in [0, 0.05) is 18.8 Å². The molecule has 0 saturated heterocycles. The zero-order valence-corrected chi connectivity index (χ0v) is 12.3. The molecule has 0 aliphatic rings. The Labute approximate surface area is 115 Å². The first-order chi connectivity index (χ1) is 9.13. The van der Waals surface area contributed by atoms with E-state index in [-0.39, 0.29) is 0 Å². The minimum Gasteiger partial charge on any atom is -0.313 e. The molecule has 0 fully saturated rings. The third-order valence-corrected chi connectivity index (χ3v) is 3.60. The third kappa shape index (κ3) is 3.24. The molecule has 0 aliphatic carbocycles. The van der Waals surface area contributed by atoms with Crippen molar-refractivity contribution >= 4 is 0 Å². The highest BCUT2D eigenvalue weighted by molar-refractivity contribution is 5.33. The molecule has 1 aromatic heterocycles. The van der Waals surface area contributed by atoms with Gasteiger partial charge in [0.1, 0.15) is 0 Å². The topological polar surface area (TPSA) is 29.9 Å². The standard InChI is InChI=1S/C16H23N3/c1-5-19-11-14(10-18-19)9-16(17-4)15-7-6-12(2)8-13(15)3/h6-8,10-11,16-17H,5,9H2,1-4H3. The van der Waals surface area contributed by atoms with Crippen molar-refractivity contribution in [2.45, 2.75) is 39.8 Å². The molecule has 1 aromatic carbocycles. The summed E-state index contributed by atoms with van der Waals surface area (Å²) < 4.78 is 1.98. The number of rotatable bonds is 5. The summed E-state index contributed by atoms with van der Waals surface area (Å²) in [5, 5.41) is 7.76. The van der Waals surface area contributed by atoms with Gasteiger partial charge in [0.2, 0.25) is 0 Å². The summed E-state index contributed by atoms with van der Waals surface area (Å²) >= 11 is 0. The van der Waals surface area contributed by atoms with Crippen LogP contribution < -0.4 is 5.32 Å². The van der Waals surface area contributed by atoms with Gasteiger partial charge in [-0.3, -0.25) is 4.68 Å². The Bertz CT molecular complexity index is 543. The van der Waals surface area contributed by atoms with Crippen LogP contribution in [0.1, 0.15) is 35.2 Å². The van der Waals surface area contributed by atoms with Gasteiger partial charge in [-0.1, -0.05) is 23.8 Å². The van der Waals surface area contributed by atoms with Gasteiger partial charge in [0.15, 0.2) is 0 Å². The minimum absolute atomic E-state index is 0.343. The Kier molecular flexibility index (Phi) is 4.38. The Hall–Kier alpha value is -1.61. The van der Waals surface area contributed by atoms with Crippen molar-refractivity contribution in [3.8, 4) is 0 Å². The van der Waals surface area contributed by atoms with Gasteiger partial charge in [0.05, 0.1) is 6.20 Å². The summed E-state index contributed by atoms with van der Waals surface area (Å²) in [6.07, 6.45) is 5.08. The van der Waals surface area contributed by atoms with E-state index in [4.69, 9.17) is 0 Å². The van der Waals surface area contributed by atoms with Crippen molar-refractivity contribution in [3.63, 3.8) is 0 Å². The molecule has 0 bridgehead atoms. The normalized spacial score (nSPS) is 12.6. The lowest BCUT2D eigenvalue weighted by Gasteiger charge is -2.18. The molecule has 0 spiro atoms. The number of aryl methyl sites for hydroxylation is 3. The molecule has 0 radical (unpaired) electrons. The van der Waals surface area contributed by atoms with Crippen LogP contribution in [0.2, 0.25) is 0 Å². The fourth-order valence-electron chi connectivity index (χ4n) is 2.50. The predicted molar refractivity (Wildman–Crippen MR) is 79.3 cm³/mol. The number of hydrogen-bond acceptors (Lipinski definition) is 2. The molecular formula is C16H23N3. The zero-order valence-electron chi connectivity index (χ0n) is 12.3. The zero-order chi connectivity index (χ0) is 13.8. The van der Waals surface area contributed by atoms with E-state index < -0.39 is 0 Å². The van der Waals surface area contributed by atoms with Crippen LogP contribution >= 0.6 is 0 Å². The van der Waals surface area contributed by atoms with E-state index >= 15 is 0 Å². The highest BCUT2D eigenvalue weighted by Crippen LogP contribution is 2.22. The Morgan fingerprint density at radius 1 is 1.32 bits per heavy atom. The van der Waals surface area contributed by atoms with E-state index in [1.165, 1.54) is 22.3 Å². The molecule has 2 rings (SSSR count). The number of nitrogens with zero attached hydrogens (tertiary/aromatic N) is 2. The molecule has 102 valence electrons. The van der Waals surface area contributed by atoms with Crippen LogP contribution in [0.5, 0.6) is 0 Å². The first-order valence-corrected chi connectivity index (χ1v) is 6.89. The fourth-order valence-corrected chi connectivity index (χ4v) is 2.50. The summed E-state index contributed by atoms with van der Waals surface area (Å²) in [5.74, 6) is 0. The molecule has 2 aromatic rings. The van der Waals surface area contributed by atoms with Crippen molar-refractivity contribution in [2.24, 2.45) is 0 Å². The smallest absolute Gasteiger partial charge is 0.0522 e. The van der Waals surface area contributed by atoms with E-state index in [1.807, 2.05) is 17.9 Å². The van der Waals surface area contributed by atoms with Gasteiger partial charge < -0.3 is 5.32 Å². The maximum atomic E-state index is 4.34. The van der Waals surface area contributed by atoms with Crippen molar-refractivity contribution in [1.29, 1.82) is 0 Å². The van der Waals surface area contributed by atoms with Gasteiger partial charge >= 0.3 is 0 Å². The second-order valence-electron chi connectivity index (χ2n) is 5.11. The Morgan fingerprint density at radius 2 is 2.11 bits per heavy atom. The molecule has 3 nitrogen and oxygen atoms in total. The van der Waals surface area contributed by atoms with Crippen molar-refractivity contribution in [1.82, 2.24) is 15.1 Å². The molecule has 0 saturated carbocycles. The van der Waals surface area contributed by atoms with Gasteiger partial charge in [0.25, 0.3) is 0 Å². The number of nitrogens with one attached hydrogen (secondary N) is 1. The van der Waals surface area contributed by atoms with Crippen molar-refractivity contribution in [3.05, 3.63) is 52.8 Å². The summed E-state index contributed by atoms with van der Waals surface area (Å²) in [4.78, 5) is 0. The molecule has 0 aliphatic heterocycles. The third-order valence-electron chi connectivity index (χ3n) is 3.60. The largest absolute Gasteiger partial charge is 0.313 e. The molecular weight excluding hydrogens is 234 g/mol. The average molecular weight is 257 g/mol. The highest BCUT2D eigenvalue weighted by Gasteiger charge is 2.13. The first-order valence-electron chi connectivity index (χ1n) is 6.89. The Balaban J connectivity index is 2.19. The average Bonchev–Trinajstić information content (AvgIpc) is 2.84. The summed E-state index contributed by atoms with van der Waals surface area (Å²) in [6.45, 7) is 7.35. The minimum atomic E-state index is 0.343.